The third kappa shape index (κ3) is 2.77. The molecule has 1 N–H and O–H groups in total. The van der Waals surface area contributed by atoms with Gasteiger partial charge in [0.2, 0.25) is 0 Å². The monoisotopic (exact) mass is 304 g/mol. The van der Waals surface area contributed by atoms with Crippen molar-refractivity contribution in [2.75, 3.05) is 13.2 Å². The van der Waals surface area contributed by atoms with Crippen LogP contribution in [-0.2, 0) is 4.74 Å². The third-order valence-corrected chi connectivity index (χ3v) is 3.88. The van der Waals surface area contributed by atoms with Crippen molar-refractivity contribution in [3.63, 3.8) is 0 Å². The molecule has 0 bridgehead atoms. The number of hydrogen-bond acceptors (Lipinski definition) is 2. The largest absolute Gasteiger partial charge is 0.388 e. The summed E-state index contributed by atoms with van der Waals surface area (Å²) in [6.07, 6.45) is 1.51. The van der Waals surface area contributed by atoms with Crippen molar-refractivity contribution in [3.05, 3.63) is 33.3 Å². The first-order chi connectivity index (χ1) is 7.68. The summed E-state index contributed by atoms with van der Waals surface area (Å²) in [5, 5.41) is 10.9. The Morgan fingerprint density at radius 3 is 3.00 bits per heavy atom. The highest BCUT2D eigenvalue weighted by molar-refractivity contribution is 9.10. The van der Waals surface area contributed by atoms with Gasteiger partial charge in [-0.1, -0.05) is 27.5 Å². The Bertz CT molecular complexity index is 364. The van der Waals surface area contributed by atoms with Crippen molar-refractivity contribution in [3.8, 4) is 0 Å². The van der Waals surface area contributed by atoms with E-state index in [-0.39, 0.29) is 5.92 Å². The Morgan fingerprint density at radius 1 is 1.50 bits per heavy atom. The molecule has 2 nitrogen and oxygen atoms in total. The zero-order valence-electron chi connectivity index (χ0n) is 8.83. The molecule has 16 heavy (non-hydrogen) atoms. The van der Waals surface area contributed by atoms with Crippen LogP contribution in [0, 0.1) is 5.92 Å². The molecule has 1 saturated heterocycles. The molecule has 0 spiro atoms. The normalized spacial score (nSPS) is 23.1. The van der Waals surface area contributed by atoms with Gasteiger partial charge in [0.05, 0.1) is 12.7 Å². The first-order valence-electron chi connectivity index (χ1n) is 5.39. The van der Waals surface area contributed by atoms with E-state index in [0.717, 1.165) is 29.5 Å². The molecule has 0 radical (unpaired) electrons. The van der Waals surface area contributed by atoms with Gasteiger partial charge in [0.25, 0.3) is 0 Å². The van der Waals surface area contributed by atoms with Crippen molar-refractivity contribution in [2.45, 2.75) is 18.9 Å². The van der Waals surface area contributed by atoms with E-state index in [2.05, 4.69) is 15.9 Å². The summed E-state index contributed by atoms with van der Waals surface area (Å²) in [6.45, 7) is 1.43. The fourth-order valence-electron chi connectivity index (χ4n) is 2.01. The lowest BCUT2D eigenvalue weighted by molar-refractivity contribution is -0.0102. The lowest BCUT2D eigenvalue weighted by Crippen LogP contribution is -2.23. The summed E-state index contributed by atoms with van der Waals surface area (Å²) in [7, 11) is 0. The standard InChI is InChI=1S/C12H14BrClO2/c13-11-4-3-9(14)6-10(11)12(15)8-2-1-5-16-7-8/h3-4,6,8,12,15H,1-2,5,7H2. The zero-order valence-corrected chi connectivity index (χ0v) is 11.2. The van der Waals surface area contributed by atoms with Crippen molar-refractivity contribution < 1.29 is 9.84 Å². The van der Waals surface area contributed by atoms with Crippen molar-refractivity contribution in [1.82, 2.24) is 0 Å². The van der Waals surface area contributed by atoms with Gasteiger partial charge < -0.3 is 9.84 Å². The summed E-state index contributed by atoms with van der Waals surface area (Å²) in [5.41, 5.74) is 0.850. The molecular weight excluding hydrogens is 291 g/mol. The minimum absolute atomic E-state index is 0.170. The second kappa shape index (κ2) is 5.50. The predicted octanol–water partition coefficient (Wildman–Crippen LogP) is 3.56. The van der Waals surface area contributed by atoms with Gasteiger partial charge in [-0.2, -0.15) is 0 Å². The van der Waals surface area contributed by atoms with Crippen molar-refractivity contribution in [1.29, 1.82) is 0 Å². The summed E-state index contributed by atoms with van der Waals surface area (Å²) >= 11 is 9.37. The van der Waals surface area contributed by atoms with Gasteiger partial charge in [0.15, 0.2) is 0 Å². The maximum absolute atomic E-state index is 10.3. The third-order valence-electron chi connectivity index (χ3n) is 2.92. The maximum atomic E-state index is 10.3. The van der Waals surface area contributed by atoms with Crippen LogP contribution in [0.2, 0.25) is 5.02 Å². The number of rotatable bonds is 2. The Labute approximate surface area is 109 Å². The van der Waals surface area contributed by atoms with E-state index < -0.39 is 6.10 Å². The van der Waals surface area contributed by atoms with Gasteiger partial charge in [-0.3, -0.25) is 0 Å². The highest BCUT2D eigenvalue weighted by Crippen LogP contribution is 2.34. The molecule has 2 rings (SSSR count). The number of aliphatic hydroxyl groups excluding tert-OH is 1. The molecule has 1 fully saturated rings. The Morgan fingerprint density at radius 2 is 2.31 bits per heavy atom. The second-order valence-corrected chi connectivity index (χ2v) is 5.38. The summed E-state index contributed by atoms with van der Waals surface area (Å²) < 4.78 is 6.28. The van der Waals surface area contributed by atoms with Crippen LogP contribution in [0.4, 0.5) is 0 Å². The highest BCUT2D eigenvalue weighted by atomic mass is 79.9. The van der Waals surface area contributed by atoms with Gasteiger partial charge in [-0.25, -0.2) is 0 Å². The van der Waals surface area contributed by atoms with Gasteiger partial charge in [0.1, 0.15) is 0 Å². The number of hydrogen-bond donors (Lipinski definition) is 1. The summed E-state index contributed by atoms with van der Waals surface area (Å²) in [4.78, 5) is 0. The number of benzene rings is 1. The fraction of sp³-hybridized carbons (Fsp3) is 0.500. The molecule has 0 aliphatic carbocycles. The van der Waals surface area contributed by atoms with E-state index in [9.17, 15) is 5.11 Å². The van der Waals surface area contributed by atoms with Gasteiger partial charge >= 0.3 is 0 Å². The van der Waals surface area contributed by atoms with Gasteiger partial charge in [0, 0.05) is 22.0 Å². The van der Waals surface area contributed by atoms with Crippen molar-refractivity contribution >= 4 is 27.5 Å². The highest BCUT2D eigenvalue weighted by Gasteiger charge is 2.25. The minimum atomic E-state index is -0.506. The van der Waals surface area contributed by atoms with Crippen LogP contribution >= 0.6 is 27.5 Å². The van der Waals surface area contributed by atoms with Crippen LogP contribution in [0.5, 0.6) is 0 Å². The minimum Gasteiger partial charge on any atom is -0.388 e. The molecule has 0 aromatic heterocycles. The lowest BCUT2D eigenvalue weighted by Gasteiger charge is -2.27. The van der Waals surface area contributed by atoms with E-state index in [4.69, 9.17) is 16.3 Å². The Balaban J connectivity index is 2.18. The lowest BCUT2D eigenvalue weighted by atomic mass is 9.91. The smallest absolute Gasteiger partial charge is 0.0851 e. The number of ether oxygens (including phenoxy) is 1. The SMILES string of the molecule is OC(c1cc(Cl)ccc1Br)C1CCCOC1. The molecule has 1 aliphatic heterocycles. The molecular formula is C12H14BrClO2. The van der Waals surface area contributed by atoms with Crippen LogP contribution in [0.3, 0.4) is 0 Å². The Hall–Kier alpha value is -0.0900. The van der Waals surface area contributed by atoms with E-state index in [1.807, 2.05) is 12.1 Å². The first-order valence-corrected chi connectivity index (χ1v) is 6.56. The van der Waals surface area contributed by atoms with E-state index in [1.165, 1.54) is 0 Å². The predicted molar refractivity (Wildman–Crippen MR) is 67.7 cm³/mol. The van der Waals surface area contributed by atoms with E-state index in [1.54, 1.807) is 6.07 Å². The molecule has 1 aliphatic rings. The molecule has 2 unspecified atom stereocenters. The molecule has 0 saturated carbocycles. The molecule has 1 heterocycles. The average Bonchev–Trinajstić information content (AvgIpc) is 2.32. The quantitative estimate of drug-likeness (QED) is 0.905. The van der Waals surface area contributed by atoms with Crippen LogP contribution in [0.15, 0.2) is 22.7 Å². The van der Waals surface area contributed by atoms with E-state index >= 15 is 0 Å². The summed E-state index contributed by atoms with van der Waals surface area (Å²) in [5.74, 6) is 0.170. The van der Waals surface area contributed by atoms with Crippen molar-refractivity contribution in [2.24, 2.45) is 5.92 Å². The molecule has 2 atom stereocenters. The topological polar surface area (TPSA) is 29.5 Å². The molecule has 0 amide bonds. The number of aliphatic hydroxyl groups is 1. The average molecular weight is 306 g/mol. The van der Waals surface area contributed by atoms with Crippen LogP contribution < -0.4 is 0 Å². The summed E-state index contributed by atoms with van der Waals surface area (Å²) in [6, 6.07) is 5.48. The van der Waals surface area contributed by atoms with Crippen LogP contribution in [0.25, 0.3) is 0 Å². The van der Waals surface area contributed by atoms with Gasteiger partial charge in [-0.15, -0.1) is 0 Å². The first kappa shape index (κ1) is 12.4. The zero-order chi connectivity index (χ0) is 11.5. The molecule has 1 aromatic rings. The van der Waals surface area contributed by atoms with E-state index in [0.29, 0.717) is 11.6 Å². The Kier molecular flexibility index (Phi) is 4.25. The van der Waals surface area contributed by atoms with Crippen LogP contribution in [0.1, 0.15) is 24.5 Å². The van der Waals surface area contributed by atoms with Gasteiger partial charge in [-0.05, 0) is 36.6 Å². The molecule has 1 aromatic carbocycles. The fourth-order valence-corrected chi connectivity index (χ4v) is 2.67. The maximum Gasteiger partial charge on any atom is 0.0851 e. The number of halogens is 2. The molecule has 4 heteroatoms. The second-order valence-electron chi connectivity index (χ2n) is 4.09. The molecule has 88 valence electrons. The van der Waals surface area contributed by atoms with Crippen LogP contribution in [-0.4, -0.2) is 18.3 Å².